The molecule has 0 aliphatic carbocycles. The molecule has 0 radical (unpaired) electrons. The third kappa shape index (κ3) is 4.97. The van der Waals surface area contributed by atoms with Gasteiger partial charge in [0.15, 0.2) is 6.61 Å². The summed E-state index contributed by atoms with van der Waals surface area (Å²) in [6.45, 7) is 6.53. The molecule has 0 bridgehead atoms. The summed E-state index contributed by atoms with van der Waals surface area (Å²) < 4.78 is 5.67. The number of rotatable bonds is 5. The molecule has 25 heavy (non-hydrogen) atoms. The topological polar surface area (TPSA) is 34.0 Å². The van der Waals surface area contributed by atoms with Crippen LogP contribution in [0, 0.1) is 6.92 Å². The predicted molar refractivity (Wildman–Crippen MR) is 99.1 cm³/mol. The first-order valence-electron chi connectivity index (χ1n) is 8.66. The van der Waals surface area contributed by atoms with Gasteiger partial charge in [0.1, 0.15) is 12.3 Å². The summed E-state index contributed by atoms with van der Waals surface area (Å²) in [5, 5.41) is 0.675. The number of piperazine rings is 1. The zero-order valence-electron chi connectivity index (χ0n) is 14.5. The molecule has 4 nitrogen and oxygen atoms in total. The minimum Gasteiger partial charge on any atom is -0.483 e. The van der Waals surface area contributed by atoms with Crippen molar-refractivity contribution in [3.05, 3.63) is 64.7 Å². The molecule has 5 heteroatoms. The Kier molecular flexibility index (Phi) is 5.95. The number of nitrogens with zero attached hydrogens (tertiary/aromatic N) is 1. The van der Waals surface area contributed by atoms with Gasteiger partial charge in [-0.05, 0) is 30.7 Å². The molecule has 1 aliphatic heterocycles. The average molecular weight is 360 g/mol. The van der Waals surface area contributed by atoms with Crippen LogP contribution in [-0.4, -0.2) is 43.6 Å². The quantitative estimate of drug-likeness (QED) is 0.885. The Balaban J connectivity index is 1.45. The van der Waals surface area contributed by atoms with Crippen molar-refractivity contribution in [2.45, 2.75) is 13.5 Å². The zero-order valence-corrected chi connectivity index (χ0v) is 15.3. The highest BCUT2D eigenvalue weighted by Gasteiger charge is 2.24. The van der Waals surface area contributed by atoms with Crippen LogP contribution < -0.4 is 9.64 Å². The lowest BCUT2D eigenvalue weighted by Crippen LogP contribution is -3.13. The van der Waals surface area contributed by atoms with E-state index in [-0.39, 0.29) is 12.5 Å². The summed E-state index contributed by atoms with van der Waals surface area (Å²) in [6, 6.07) is 15.9. The Morgan fingerprint density at radius 1 is 1.16 bits per heavy atom. The molecule has 1 saturated heterocycles. The Labute approximate surface area is 154 Å². The second kappa shape index (κ2) is 8.37. The van der Waals surface area contributed by atoms with Crippen LogP contribution in [0.25, 0.3) is 0 Å². The lowest BCUT2D eigenvalue weighted by Gasteiger charge is -2.32. The predicted octanol–water partition coefficient (Wildman–Crippen LogP) is 1.95. The van der Waals surface area contributed by atoms with Crippen molar-refractivity contribution in [3.8, 4) is 5.75 Å². The fraction of sp³-hybridized carbons (Fsp3) is 0.350. The van der Waals surface area contributed by atoms with Crippen molar-refractivity contribution in [1.29, 1.82) is 0 Å². The van der Waals surface area contributed by atoms with E-state index < -0.39 is 0 Å². The van der Waals surface area contributed by atoms with Gasteiger partial charge in [-0.1, -0.05) is 41.9 Å². The van der Waals surface area contributed by atoms with Crippen LogP contribution in [0.2, 0.25) is 5.02 Å². The summed E-state index contributed by atoms with van der Waals surface area (Å²) in [7, 11) is 0. The largest absolute Gasteiger partial charge is 0.483 e. The van der Waals surface area contributed by atoms with Crippen LogP contribution in [0.15, 0.2) is 48.5 Å². The summed E-state index contributed by atoms with van der Waals surface area (Å²) >= 11 is 5.94. The molecule has 2 aromatic rings. The van der Waals surface area contributed by atoms with E-state index in [1.54, 1.807) is 6.07 Å². The molecular weight excluding hydrogens is 336 g/mol. The summed E-state index contributed by atoms with van der Waals surface area (Å²) in [5.74, 6) is 0.763. The molecule has 1 fully saturated rings. The maximum Gasteiger partial charge on any atom is 0.260 e. The zero-order chi connectivity index (χ0) is 17.6. The fourth-order valence-corrected chi connectivity index (χ4v) is 3.37. The van der Waals surface area contributed by atoms with E-state index in [0.717, 1.165) is 38.3 Å². The number of ether oxygens (including phenoxy) is 1. The standard InChI is InChI=1S/C20H23ClN2O2/c1-16-13-18(21)7-8-19(16)25-15-20(24)23-11-9-22(10-12-23)14-17-5-3-2-4-6-17/h2-8,13H,9-12,14-15H2,1H3/p+1. The molecule has 0 saturated carbocycles. The SMILES string of the molecule is Cc1cc(Cl)ccc1OCC(=O)N1CC[NH+](Cc2ccccc2)CC1. The van der Waals surface area contributed by atoms with Crippen LogP contribution in [0.3, 0.4) is 0 Å². The van der Waals surface area contributed by atoms with Gasteiger partial charge in [-0.15, -0.1) is 0 Å². The fourth-order valence-electron chi connectivity index (χ4n) is 3.14. The highest BCUT2D eigenvalue weighted by atomic mass is 35.5. The van der Waals surface area contributed by atoms with E-state index in [1.165, 1.54) is 10.5 Å². The molecule has 0 atom stereocenters. The lowest BCUT2D eigenvalue weighted by atomic mass is 10.2. The highest BCUT2D eigenvalue weighted by molar-refractivity contribution is 6.30. The van der Waals surface area contributed by atoms with E-state index in [2.05, 4.69) is 24.3 Å². The van der Waals surface area contributed by atoms with Gasteiger partial charge in [-0.2, -0.15) is 0 Å². The minimum absolute atomic E-state index is 0.0492. The molecular formula is C20H24ClN2O2+. The van der Waals surface area contributed by atoms with Crippen molar-refractivity contribution in [1.82, 2.24) is 4.90 Å². The molecule has 1 aliphatic rings. The van der Waals surface area contributed by atoms with Crippen LogP contribution in [-0.2, 0) is 11.3 Å². The molecule has 1 heterocycles. The van der Waals surface area contributed by atoms with Crippen LogP contribution >= 0.6 is 11.6 Å². The number of halogens is 1. The maximum atomic E-state index is 12.4. The molecule has 0 aromatic heterocycles. The van der Waals surface area contributed by atoms with Crippen molar-refractivity contribution >= 4 is 17.5 Å². The number of benzene rings is 2. The van der Waals surface area contributed by atoms with Crippen LogP contribution in [0.5, 0.6) is 5.75 Å². The van der Waals surface area contributed by atoms with Gasteiger partial charge in [0.25, 0.3) is 5.91 Å². The van der Waals surface area contributed by atoms with Gasteiger partial charge < -0.3 is 14.5 Å². The Morgan fingerprint density at radius 2 is 1.88 bits per heavy atom. The van der Waals surface area contributed by atoms with Crippen molar-refractivity contribution in [2.24, 2.45) is 0 Å². The smallest absolute Gasteiger partial charge is 0.260 e. The second-order valence-corrected chi connectivity index (χ2v) is 6.93. The monoisotopic (exact) mass is 359 g/mol. The molecule has 3 rings (SSSR count). The number of quaternary nitrogens is 1. The van der Waals surface area contributed by atoms with Gasteiger partial charge >= 0.3 is 0 Å². The normalized spacial score (nSPS) is 15.2. The van der Waals surface area contributed by atoms with Gasteiger partial charge in [0.2, 0.25) is 0 Å². The number of amides is 1. The lowest BCUT2D eigenvalue weighted by molar-refractivity contribution is -0.917. The number of carbonyl (C=O) groups is 1. The Morgan fingerprint density at radius 3 is 2.56 bits per heavy atom. The van der Waals surface area contributed by atoms with Crippen molar-refractivity contribution < 1.29 is 14.4 Å². The molecule has 0 spiro atoms. The van der Waals surface area contributed by atoms with Crippen LogP contribution in [0.4, 0.5) is 0 Å². The number of aryl methyl sites for hydroxylation is 1. The van der Waals surface area contributed by atoms with E-state index in [4.69, 9.17) is 16.3 Å². The third-order valence-electron chi connectivity index (χ3n) is 4.61. The van der Waals surface area contributed by atoms with Gasteiger partial charge in [-0.3, -0.25) is 4.79 Å². The van der Waals surface area contributed by atoms with Gasteiger partial charge in [0.05, 0.1) is 26.2 Å². The first-order valence-corrected chi connectivity index (χ1v) is 9.04. The summed E-state index contributed by atoms with van der Waals surface area (Å²) in [5.41, 5.74) is 2.29. The van der Waals surface area contributed by atoms with E-state index in [9.17, 15) is 4.79 Å². The van der Waals surface area contributed by atoms with Crippen molar-refractivity contribution in [3.63, 3.8) is 0 Å². The van der Waals surface area contributed by atoms with E-state index in [0.29, 0.717) is 10.8 Å². The number of hydrogen-bond acceptors (Lipinski definition) is 2. The first kappa shape index (κ1) is 17.8. The second-order valence-electron chi connectivity index (χ2n) is 6.49. The Bertz CT molecular complexity index is 713. The molecule has 0 unspecified atom stereocenters. The molecule has 1 amide bonds. The average Bonchev–Trinajstić information content (AvgIpc) is 2.62. The van der Waals surface area contributed by atoms with Crippen molar-refractivity contribution in [2.75, 3.05) is 32.8 Å². The third-order valence-corrected chi connectivity index (χ3v) is 4.84. The summed E-state index contributed by atoms with van der Waals surface area (Å²) in [6.07, 6.45) is 0. The van der Waals surface area contributed by atoms with E-state index >= 15 is 0 Å². The number of nitrogens with one attached hydrogen (secondary N) is 1. The van der Waals surface area contributed by atoms with E-state index in [1.807, 2.05) is 30.0 Å². The van der Waals surface area contributed by atoms with Crippen LogP contribution in [0.1, 0.15) is 11.1 Å². The molecule has 1 N–H and O–H groups in total. The number of hydrogen-bond donors (Lipinski definition) is 1. The maximum absolute atomic E-state index is 12.4. The minimum atomic E-state index is 0.0492. The van der Waals surface area contributed by atoms with Gasteiger partial charge in [-0.25, -0.2) is 0 Å². The van der Waals surface area contributed by atoms with Gasteiger partial charge in [0, 0.05) is 10.6 Å². The first-order chi connectivity index (χ1) is 12.1. The summed E-state index contributed by atoms with van der Waals surface area (Å²) in [4.78, 5) is 15.8. The highest BCUT2D eigenvalue weighted by Crippen LogP contribution is 2.21. The number of carbonyl (C=O) groups excluding carboxylic acids is 1. The molecule has 132 valence electrons. The molecule has 2 aromatic carbocycles. The Hall–Kier alpha value is -2.04.